The third kappa shape index (κ3) is 11.2. The molecule has 1 aromatic heterocycles. The molecule has 1 heterocycles. The number of unbranched alkanes of at least 4 members (excludes halogenated alkanes) is 1. The van der Waals surface area contributed by atoms with Crippen molar-refractivity contribution in [2.45, 2.75) is 89.6 Å². The first-order valence-corrected chi connectivity index (χ1v) is 18.4. The van der Waals surface area contributed by atoms with E-state index < -0.39 is 18.3 Å². The van der Waals surface area contributed by atoms with Crippen LogP contribution in [0.5, 0.6) is 5.75 Å². The van der Waals surface area contributed by atoms with Crippen LogP contribution in [0.1, 0.15) is 73.6 Å². The lowest BCUT2D eigenvalue weighted by molar-refractivity contribution is -0.145. The average Bonchev–Trinajstić information content (AvgIpc) is 3.41. The SMILES string of the molecule is CCC(C(=O)Cc1ccc2cnccc2c1)c1ccc(COC(=O)CCC/C=C\C[C@@H]2[C@@H](/C=C/[C@@H](O)COc3cccc(C)c3)[C@H](O)C[C@@H]2O)cc1. The minimum Gasteiger partial charge on any atom is -0.491 e. The first-order valence-electron chi connectivity index (χ1n) is 18.4. The lowest BCUT2D eigenvalue weighted by Gasteiger charge is -2.19. The van der Waals surface area contributed by atoms with Gasteiger partial charge in [-0.25, -0.2) is 0 Å². The number of aryl methyl sites for hydroxylation is 1. The molecule has 0 spiro atoms. The van der Waals surface area contributed by atoms with Gasteiger partial charge in [0, 0.05) is 48.9 Å². The van der Waals surface area contributed by atoms with Crippen molar-refractivity contribution in [2.24, 2.45) is 11.8 Å². The number of hydrogen-bond acceptors (Lipinski definition) is 8. The van der Waals surface area contributed by atoms with Crippen LogP contribution in [0.2, 0.25) is 0 Å². The predicted octanol–water partition coefficient (Wildman–Crippen LogP) is 7.36. The van der Waals surface area contributed by atoms with E-state index in [2.05, 4.69) is 11.1 Å². The molecule has 4 aromatic rings. The molecule has 3 aromatic carbocycles. The molecule has 52 heavy (non-hydrogen) atoms. The van der Waals surface area contributed by atoms with Crippen LogP contribution >= 0.6 is 0 Å². The summed E-state index contributed by atoms with van der Waals surface area (Å²) >= 11 is 0. The molecule has 1 aliphatic carbocycles. The normalized spacial score (nSPS) is 20.0. The summed E-state index contributed by atoms with van der Waals surface area (Å²) in [6, 6.07) is 23.4. The Kier molecular flexibility index (Phi) is 14.3. The molecule has 1 aliphatic rings. The number of hydrogen-bond donors (Lipinski definition) is 3. The van der Waals surface area contributed by atoms with Crippen LogP contribution in [0.25, 0.3) is 10.8 Å². The summed E-state index contributed by atoms with van der Waals surface area (Å²) in [4.78, 5) is 29.8. The number of allylic oxidation sites excluding steroid dienone is 2. The topological polar surface area (TPSA) is 126 Å². The van der Waals surface area contributed by atoms with Crippen molar-refractivity contribution in [2.75, 3.05) is 6.61 Å². The van der Waals surface area contributed by atoms with Gasteiger partial charge in [-0.05, 0) is 84.4 Å². The molecular weight excluding hydrogens is 654 g/mol. The van der Waals surface area contributed by atoms with E-state index in [-0.39, 0.29) is 42.7 Å². The number of ether oxygens (including phenoxy) is 2. The van der Waals surface area contributed by atoms with E-state index in [1.807, 2.05) is 98.9 Å². The third-order valence-corrected chi connectivity index (χ3v) is 9.87. The highest BCUT2D eigenvalue weighted by molar-refractivity contribution is 5.89. The van der Waals surface area contributed by atoms with Crippen molar-refractivity contribution < 1.29 is 34.4 Å². The van der Waals surface area contributed by atoms with Crippen molar-refractivity contribution in [3.63, 3.8) is 0 Å². The van der Waals surface area contributed by atoms with Gasteiger partial charge in [0.05, 0.1) is 12.2 Å². The smallest absolute Gasteiger partial charge is 0.306 e. The van der Waals surface area contributed by atoms with E-state index in [0.717, 1.165) is 33.0 Å². The molecule has 1 unspecified atom stereocenters. The number of fused-ring (bicyclic) bond motifs is 1. The molecule has 0 aliphatic heterocycles. The first-order chi connectivity index (χ1) is 25.2. The maximum atomic E-state index is 13.2. The van der Waals surface area contributed by atoms with Gasteiger partial charge >= 0.3 is 5.97 Å². The Morgan fingerprint density at radius 1 is 0.962 bits per heavy atom. The maximum absolute atomic E-state index is 13.2. The molecule has 8 nitrogen and oxygen atoms in total. The van der Waals surface area contributed by atoms with E-state index in [1.54, 1.807) is 18.3 Å². The summed E-state index contributed by atoms with van der Waals surface area (Å²) in [6.45, 7) is 4.27. The third-order valence-electron chi connectivity index (χ3n) is 9.87. The van der Waals surface area contributed by atoms with Crippen LogP contribution in [0.3, 0.4) is 0 Å². The van der Waals surface area contributed by atoms with Crippen LogP contribution in [0.4, 0.5) is 0 Å². The Hall–Kier alpha value is -4.63. The van der Waals surface area contributed by atoms with Crippen molar-refractivity contribution in [3.05, 3.63) is 132 Å². The molecule has 5 rings (SSSR count). The summed E-state index contributed by atoms with van der Waals surface area (Å²) in [5, 5.41) is 33.6. The van der Waals surface area contributed by atoms with Gasteiger partial charge in [-0.1, -0.05) is 85.8 Å². The number of esters is 1. The zero-order valence-corrected chi connectivity index (χ0v) is 30.1. The average molecular weight is 706 g/mol. The number of carbonyl (C=O) groups is 2. The number of benzene rings is 3. The largest absolute Gasteiger partial charge is 0.491 e. The second-order valence-corrected chi connectivity index (χ2v) is 13.9. The summed E-state index contributed by atoms with van der Waals surface area (Å²) < 4.78 is 11.2. The van der Waals surface area contributed by atoms with Crippen LogP contribution in [-0.4, -0.2) is 57.0 Å². The van der Waals surface area contributed by atoms with Crippen LogP contribution in [0.15, 0.2) is 109 Å². The van der Waals surface area contributed by atoms with Gasteiger partial charge in [0.1, 0.15) is 30.9 Å². The van der Waals surface area contributed by atoms with Crippen LogP contribution in [-0.2, 0) is 27.4 Å². The molecular formula is C44H51NO7. The fourth-order valence-corrected chi connectivity index (χ4v) is 6.94. The standard InChI is InChI=1S/C44H51NO7/c1-3-38(41(47)25-32-15-18-35-27-45-22-21-34(35)24-32)33-16-13-31(14-17-33)28-52-44(50)12-7-5-4-6-11-39-40(43(49)26-42(39)48)20-19-36(46)29-51-37-10-8-9-30(2)23-37/h4,6,8-10,13-24,27,36,38-40,42-43,46,48-49H,3,5,7,11-12,25-26,28-29H2,1-2H3/b6-4-,20-19+/t36-,38?,39-,40-,42+,43-/m1/s1. The highest BCUT2D eigenvalue weighted by Gasteiger charge is 2.39. The molecule has 0 saturated heterocycles. The van der Waals surface area contributed by atoms with Gasteiger partial charge in [-0.3, -0.25) is 14.6 Å². The van der Waals surface area contributed by atoms with E-state index in [4.69, 9.17) is 9.47 Å². The molecule has 0 bridgehead atoms. The van der Waals surface area contributed by atoms with Crippen molar-refractivity contribution in [3.8, 4) is 5.75 Å². The minimum atomic E-state index is -0.838. The fourth-order valence-electron chi connectivity index (χ4n) is 6.94. The van der Waals surface area contributed by atoms with Crippen molar-refractivity contribution >= 4 is 22.5 Å². The number of pyridine rings is 1. The number of carbonyl (C=O) groups excluding carboxylic acids is 2. The van der Waals surface area contributed by atoms with Crippen LogP contribution < -0.4 is 4.74 Å². The zero-order chi connectivity index (χ0) is 36.9. The number of aromatic nitrogens is 1. The molecule has 6 atom stereocenters. The van der Waals surface area contributed by atoms with Crippen molar-refractivity contribution in [1.82, 2.24) is 4.98 Å². The molecule has 1 saturated carbocycles. The van der Waals surface area contributed by atoms with Gasteiger partial charge in [0.2, 0.25) is 0 Å². The maximum Gasteiger partial charge on any atom is 0.306 e. The lowest BCUT2D eigenvalue weighted by atomic mass is 9.88. The Morgan fingerprint density at radius 3 is 2.56 bits per heavy atom. The van der Waals surface area contributed by atoms with E-state index >= 15 is 0 Å². The van der Waals surface area contributed by atoms with Crippen molar-refractivity contribution in [1.29, 1.82) is 0 Å². The number of nitrogens with zero attached hydrogens (tertiary/aromatic N) is 1. The van der Waals surface area contributed by atoms with E-state index in [0.29, 0.717) is 50.7 Å². The summed E-state index contributed by atoms with van der Waals surface area (Å²) in [5.74, 6) is -0.0579. The van der Waals surface area contributed by atoms with Gasteiger partial charge in [0.25, 0.3) is 0 Å². The van der Waals surface area contributed by atoms with Crippen LogP contribution in [0, 0.1) is 18.8 Å². The number of ketones is 1. The molecule has 8 heteroatoms. The Labute approximate surface area is 306 Å². The van der Waals surface area contributed by atoms with E-state index in [9.17, 15) is 24.9 Å². The number of Topliss-reactive ketones (excluding diaryl/α,β-unsaturated/α-hetero) is 1. The fraction of sp³-hybridized carbons (Fsp3) is 0.386. The number of aliphatic hydroxyl groups excluding tert-OH is 3. The Morgan fingerprint density at radius 2 is 1.77 bits per heavy atom. The second-order valence-electron chi connectivity index (χ2n) is 13.9. The second kappa shape index (κ2) is 19.3. The monoisotopic (exact) mass is 705 g/mol. The first kappa shape index (κ1) is 38.6. The van der Waals surface area contributed by atoms with Gasteiger partial charge < -0.3 is 24.8 Å². The summed E-state index contributed by atoms with van der Waals surface area (Å²) in [5.41, 5.74) is 3.89. The molecule has 0 radical (unpaired) electrons. The highest BCUT2D eigenvalue weighted by Crippen LogP contribution is 2.36. The summed E-state index contributed by atoms with van der Waals surface area (Å²) in [7, 11) is 0. The minimum absolute atomic E-state index is 0.0959. The quantitative estimate of drug-likeness (QED) is 0.0557. The van der Waals surface area contributed by atoms with Gasteiger partial charge in [0.15, 0.2) is 0 Å². The van der Waals surface area contributed by atoms with Gasteiger partial charge in [-0.15, -0.1) is 0 Å². The molecule has 0 amide bonds. The predicted molar refractivity (Wildman–Crippen MR) is 203 cm³/mol. The zero-order valence-electron chi connectivity index (χ0n) is 30.1. The Bertz CT molecular complexity index is 1820. The molecule has 274 valence electrons. The molecule has 1 fully saturated rings. The Balaban J connectivity index is 0.998. The molecule has 3 N–H and O–H groups in total. The number of aliphatic hydroxyl groups is 3. The summed E-state index contributed by atoms with van der Waals surface area (Å²) in [6.07, 6.45) is 12.4. The van der Waals surface area contributed by atoms with E-state index in [1.165, 1.54) is 0 Å². The lowest BCUT2D eigenvalue weighted by Crippen LogP contribution is -2.21. The van der Waals surface area contributed by atoms with Gasteiger partial charge in [-0.2, -0.15) is 0 Å². The number of rotatable bonds is 18. The highest BCUT2D eigenvalue weighted by atomic mass is 16.5.